The molecule has 136 valence electrons. The molecule has 2 atom stereocenters. The first-order chi connectivity index (χ1) is 12.4. The van der Waals surface area contributed by atoms with Crippen molar-refractivity contribution in [1.82, 2.24) is 9.47 Å². The van der Waals surface area contributed by atoms with Gasteiger partial charge in [-0.15, -0.1) is 0 Å². The minimum absolute atomic E-state index is 0.0167. The molecule has 4 rings (SSSR count). The minimum Gasteiger partial charge on any atom is -0.389 e. The standard InChI is InChI=1S/C19H17F3N2O2/c20-11-1-3-17-14(7-11)15-8-12(21)2-4-18(15)24(17)10-13(25)9-23-6-5-16(22)19(23)26/h1-4,7-8,13,16,25H,5-6,9-10H2/t13-,16+/m0/s1. The van der Waals surface area contributed by atoms with Gasteiger partial charge in [0, 0.05) is 41.3 Å². The lowest BCUT2D eigenvalue weighted by Crippen LogP contribution is -2.37. The number of hydrogen-bond acceptors (Lipinski definition) is 2. The maximum absolute atomic E-state index is 13.7. The lowest BCUT2D eigenvalue weighted by Gasteiger charge is -2.21. The van der Waals surface area contributed by atoms with Gasteiger partial charge in [-0.25, -0.2) is 13.2 Å². The third kappa shape index (κ3) is 2.82. The Bertz CT molecular complexity index is 942. The molecule has 1 amide bonds. The topological polar surface area (TPSA) is 45.5 Å². The summed E-state index contributed by atoms with van der Waals surface area (Å²) in [5.41, 5.74) is 1.31. The van der Waals surface area contributed by atoms with Gasteiger partial charge in [-0.3, -0.25) is 4.79 Å². The smallest absolute Gasteiger partial charge is 0.257 e. The number of hydrogen-bond donors (Lipinski definition) is 1. The Kier molecular flexibility index (Phi) is 4.11. The molecule has 3 aromatic rings. The molecule has 2 heterocycles. The van der Waals surface area contributed by atoms with Crippen LogP contribution in [-0.4, -0.2) is 45.8 Å². The third-order valence-corrected chi connectivity index (χ3v) is 4.85. The van der Waals surface area contributed by atoms with Gasteiger partial charge in [-0.2, -0.15) is 0 Å². The van der Waals surface area contributed by atoms with Crippen molar-refractivity contribution >= 4 is 27.7 Å². The highest BCUT2D eigenvalue weighted by atomic mass is 19.1. The summed E-state index contributed by atoms with van der Waals surface area (Å²) in [6.07, 6.45) is -2.29. The van der Waals surface area contributed by atoms with Crippen molar-refractivity contribution < 1.29 is 23.1 Å². The van der Waals surface area contributed by atoms with E-state index < -0.39 is 29.8 Å². The van der Waals surface area contributed by atoms with Crippen molar-refractivity contribution in [3.8, 4) is 0 Å². The van der Waals surface area contributed by atoms with Crippen molar-refractivity contribution in [2.75, 3.05) is 13.1 Å². The second-order valence-electron chi connectivity index (χ2n) is 6.63. The molecule has 4 nitrogen and oxygen atoms in total. The molecule has 0 spiro atoms. The van der Waals surface area contributed by atoms with Gasteiger partial charge in [-0.05, 0) is 36.4 Å². The molecule has 1 aliphatic rings. The summed E-state index contributed by atoms with van der Waals surface area (Å²) in [6.45, 7) is 0.418. The van der Waals surface area contributed by atoms with Crippen LogP contribution < -0.4 is 0 Å². The number of aromatic nitrogens is 1. The van der Waals surface area contributed by atoms with Crippen LogP contribution in [0, 0.1) is 11.6 Å². The van der Waals surface area contributed by atoms with E-state index in [-0.39, 0.29) is 26.1 Å². The van der Waals surface area contributed by atoms with Gasteiger partial charge in [-0.1, -0.05) is 0 Å². The zero-order chi connectivity index (χ0) is 18.4. The largest absolute Gasteiger partial charge is 0.389 e. The van der Waals surface area contributed by atoms with Crippen LogP contribution in [0.5, 0.6) is 0 Å². The summed E-state index contributed by atoms with van der Waals surface area (Å²) in [6, 6.07) is 8.42. The van der Waals surface area contributed by atoms with Crippen LogP contribution in [-0.2, 0) is 11.3 Å². The summed E-state index contributed by atoms with van der Waals surface area (Å²) in [5.74, 6) is -1.47. The Morgan fingerprint density at radius 2 is 1.62 bits per heavy atom. The highest BCUT2D eigenvalue weighted by Crippen LogP contribution is 2.30. The highest BCUT2D eigenvalue weighted by Gasteiger charge is 2.32. The average Bonchev–Trinajstić information content (AvgIpc) is 3.07. The van der Waals surface area contributed by atoms with Crippen LogP contribution in [0.1, 0.15) is 6.42 Å². The Hall–Kier alpha value is -2.54. The van der Waals surface area contributed by atoms with Crippen molar-refractivity contribution in [2.45, 2.75) is 25.2 Å². The van der Waals surface area contributed by atoms with Gasteiger partial charge in [0.1, 0.15) is 11.6 Å². The summed E-state index contributed by atoms with van der Waals surface area (Å²) in [4.78, 5) is 13.0. The van der Waals surface area contributed by atoms with Crippen molar-refractivity contribution in [3.05, 3.63) is 48.0 Å². The number of benzene rings is 2. The summed E-state index contributed by atoms with van der Waals surface area (Å²) in [5, 5.41) is 11.5. The quantitative estimate of drug-likeness (QED) is 0.776. The molecule has 1 aromatic heterocycles. The number of alkyl halides is 1. The number of fused-ring (bicyclic) bond motifs is 3. The number of carbonyl (C=O) groups is 1. The predicted molar refractivity (Wildman–Crippen MR) is 91.5 cm³/mol. The van der Waals surface area contributed by atoms with Gasteiger partial charge < -0.3 is 14.6 Å². The van der Waals surface area contributed by atoms with E-state index in [1.54, 1.807) is 16.7 Å². The van der Waals surface area contributed by atoms with Crippen LogP contribution in [0.25, 0.3) is 21.8 Å². The Morgan fingerprint density at radius 1 is 1.04 bits per heavy atom. The zero-order valence-electron chi connectivity index (χ0n) is 13.8. The lowest BCUT2D eigenvalue weighted by molar-refractivity contribution is -0.133. The SMILES string of the molecule is O=C1[C@H](F)CCN1C[C@H](O)Cn1c2ccc(F)cc2c2cc(F)ccc21. The fourth-order valence-corrected chi connectivity index (χ4v) is 3.65. The molecule has 0 unspecified atom stereocenters. The second-order valence-corrected chi connectivity index (χ2v) is 6.63. The van der Waals surface area contributed by atoms with Crippen LogP contribution in [0.3, 0.4) is 0 Å². The third-order valence-electron chi connectivity index (χ3n) is 4.85. The number of nitrogens with zero attached hydrogens (tertiary/aromatic N) is 2. The van der Waals surface area contributed by atoms with E-state index in [4.69, 9.17) is 0 Å². The first-order valence-electron chi connectivity index (χ1n) is 8.42. The molecule has 1 N–H and O–H groups in total. The molecular weight excluding hydrogens is 345 g/mol. The monoisotopic (exact) mass is 362 g/mol. The maximum atomic E-state index is 13.7. The minimum atomic E-state index is -1.50. The second kappa shape index (κ2) is 6.32. The van der Waals surface area contributed by atoms with Crippen LogP contribution >= 0.6 is 0 Å². The molecule has 1 saturated heterocycles. The predicted octanol–water partition coefficient (Wildman–Crippen LogP) is 3.00. The van der Waals surface area contributed by atoms with Crippen molar-refractivity contribution in [3.63, 3.8) is 0 Å². The van der Waals surface area contributed by atoms with E-state index in [1.807, 2.05) is 0 Å². The zero-order valence-corrected chi connectivity index (χ0v) is 13.8. The number of halogens is 3. The molecule has 0 radical (unpaired) electrons. The Balaban J connectivity index is 1.70. The van der Waals surface area contributed by atoms with Gasteiger partial charge in [0.25, 0.3) is 5.91 Å². The number of aliphatic hydroxyl groups excluding tert-OH is 1. The summed E-state index contributed by atoms with van der Waals surface area (Å²) in [7, 11) is 0. The summed E-state index contributed by atoms with van der Waals surface area (Å²) >= 11 is 0. The number of carbonyl (C=O) groups excluding carboxylic acids is 1. The number of amides is 1. The number of rotatable bonds is 4. The van der Waals surface area contributed by atoms with E-state index in [1.165, 1.54) is 29.2 Å². The normalized spacial score (nSPS) is 19.0. The fraction of sp³-hybridized carbons (Fsp3) is 0.316. The van der Waals surface area contributed by atoms with Gasteiger partial charge in [0.05, 0.1) is 12.6 Å². The van der Waals surface area contributed by atoms with Crippen molar-refractivity contribution in [1.29, 1.82) is 0 Å². The number of β-amino-alcohol motifs (C(OH)–C–C–N with tert-alkyl or cyclic N) is 1. The molecule has 0 bridgehead atoms. The van der Waals surface area contributed by atoms with Gasteiger partial charge in [0.15, 0.2) is 6.17 Å². The highest BCUT2D eigenvalue weighted by molar-refractivity contribution is 6.08. The van der Waals surface area contributed by atoms with Crippen LogP contribution in [0.4, 0.5) is 13.2 Å². The van der Waals surface area contributed by atoms with Crippen LogP contribution in [0.15, 0.2) is 36.4 Å². The fourth-order valence-electron chi connectivity index (χ4n) is 3.65. The maximum Gasteiger partial charge on any atom is 0.257 e. The average molecular weight is 362 g/mol. The summed E-state index contributed by atoms with van der Waals surface area (Å²) < 4.78 is 42.4. The van der Waals surface area contributed by atoms with E-state index in [2.05, 4.69) is 0 Å². The molecule has 2 aromatic carbocycles. The van der Waals surface area contributed by atoms with E-state index in [0.29, 0.717) is 21.8 Å². The molecule has 7 heteroatoms. The molecule has 26 heavy (non-hydrogen) atoms. The number of likely N-dealkylation sites (tertiary alicyclic amines) is 1. The Morgan fingerprint density at radius 3 is 2.12 bits per heavy atom. The van der Waals surface area contributed by atoms with E-state index in [0.717, 1.165) is 0 Å². The Labute approximate surface area is 147 Å². The van der Waals surface area contributed by atoms with E-state index >= 15 is 0 Å². The molecular formula is C19H17F3N2O2. The molecule has 1 fully saturated rings. The molecule has 1 aliphatic heterocycles. The van der Waals surface area contributed by atoms with Crippen molar-refractivity contribution in [2.24, 2.45) is 0 Å². The van der Waals surface area contributed by atoms with Gasteiger partial charge >= 0.3 is 0 Å². The first kappa shape index (κ1) is 16.9. The lowest BCUT2D eigenvalue weighted by atomic mass is 10.1. The molecule has 0 aliphatic carbocycles. The van der Waals surface area contributed by atoms with Gasteiger partial charge in [0.2, 0.25) is 0 Å². The van der Waals surface area contributed by atoms with E-state index in [9.17, 15) is 23.1 Å². The first-order valence-corrected chi connectivity index (χ1v) is 8.42. The molecule has 0 saturated carbocycles. The number of aliphatic hydroxyl groups is 1. The van der Waals surface area contributed by atoms with Crippen LogP contribution in [0.2, 0.25) is 0 Å².